The highest BCUT2D eigenvalue weighted by atomic mass is 16.2. The first-order chi connectivity index (χ1) is 15.1. The number of benzene rings is 2. The smallest absolute Gasteiger partial charge is 0.270 e. The maximum atomic E-state index is 13.1. The number of hydrogen-bond acceptors (Lipinski definition) is 2. The van der Waals surface area contributed by atoms with Crippen LogP contribution >= 0.6 is 0 Å². The Hall–Kier alpha value is -2.92. The van der Waals surface area contributed by atoms with E-state index in [-0.39, 0.29) is 5.91 Å². The number of quaternary nitrogens is 1. The van der Waals surface area contributed by atoms with Gasteiger partial charge in [0.25, 0.3) is 5.91 Å². The number of rotatable bonds is 7. The van der Waals surface area contributed by atoms with E-state index in [0.717, 1.165) is 41.5 Å². The lowest BCUT2D eigenvalue weighted by atomic mass is 10.0. The van der Waals surface area contributed by atoms with E-state index in [2.05, 4.69) is 31.3 Å². The molecule has 0 spiro atoms. The SMILES string of the molecule is Cc1cccc(-n2nc(-c3ccccc3)cc2C(=O)NCCC[NH+]2CCCC[C@@H]2C)c1. The molecule has 1 fully saturated rings. The number of carbonyl (C=O) groups is 1. The molecule has 4 rings (SSSR count). The van der Waals surface area contributed by atoms with Crippen LogP contribution in [-0.2, 0) is 0 Å². The molecule has 31 heavy (non-hydrogen) atoms. The van der Waals surface area contributed by atoms with Crippen LogP contribution in [0.4, 0.5) is 0 Å². The van der Waals surface area contributed by atoms with Gasteiger partial charge in [-0.1, -0.05) is 42.5 Å². The van der Waals surface area contributed by atoms with Gasteiger partial charge in [0.05, 0.1) is 30.5 Å². The van der Waals surface area contributed by atoms with Gasteiger partial charge in [0.1, 0.15) is 5.69 Å². The number of nitrogens with zero attached hydrogens (tertiary/aromatic N) is 2. The van der Waals surface area contributed by atoms with Crippen molar-refractivity contribution in [2.75, 3.05) is 19.6 Å². The van der Waals surface area contributed by atoms with Gasteiger partial charge in [-0.15, -0.1) is 0 Å². The van der Waals surface area contributed by atoms with Crippen LogP contribution in [0.2, 0.25) is 0 Å². The van der Waals surface area contributed by atoms with E-state index < -0.39 is 0 Å². The third kappa shape index (κ3) is 5.23. The van der Waals surface area contributed by atoms with Gasteiger partial charge in [-0.05, 0) is 56.9 Å². The van der Waals surface area contributed by atoms with Gasteiger partial charge in [0, 0.05) is 18.5 Å². The zero-order valence-corrected chi connectivity index (χ0v) is 18.6. The number of amides is 1. The fraction of sp³-hybridized carbons (Fsp3) is 0.385. The molecule has 0 bridgehead atoms. The summed E-state index contributed by atoms with van der Waals surface area (Å²) in [6.07, 6.45) is 4.99. The highest BCUT2D eigenvalue weighted by molar-refractivity contribution is 5.94. The summed E-state index contributed by atoms with van der Waals surface area (Å²) in [5.74, 6) is -0.0714. The lowest BCUT2D eigenvalue weighted by Gasteiger charge is -2.30. The average molecular weight is 418 g/mol. The van der Waals surface area contributed by atoms with E-state index in [0.29, 0.717) is 12.2 Å². The van der Waals surface area contributed by atoms with Crippen LogP contribution < -0.4 is 10.2 Å². The second-order valence-electron chi connectivity index (χ2n) is 8.70. The minimum Gasteiger partial charge on any atom is -0.350 e. The Labute approximate surface area is 185 Å². The molecule has 1 aliphatic heterocycles. The molecule has 0 saturated carbocycles. The Morgan fingerprint density at radius 3 is 2.74 bits per heavy atom. The highest BCUT2D eigenvalue weighted by Gasteiger charge is 2.21. The molecule has 162 valence electrons. The summed E-state index contributed by atoms with van der Waals surface area (Å²) in [4.78, 5) is 14.8. The van der Waals surface area contributed by atoms with Crippen molar-refractivity contribution in [3.63, 3.8) is 0 Å². The van der Waals surface area contributed by atoms with Crippen molar-refractivity contribution in [1.82, 2.24) is 15.1 Å². The van der Waals surface area contributed by atoms with Crippen molar-refractivity contribution in [1.29, 1.82) is 0 Å². The number of likely N-dealkylation sites (tertiary alicyclic amines) is 1. The number of nitrogens with one attached hydrogen (secondary N) is 2. The van der Waals surface area contributed by atoms with Crippen molar-refractivity contribution in [2.24, 2.45) is 0 Å². The molecular weight excluding hydrogens is 384 g/mol. The summed E-state index contributed by atoms with van der Waals surface area (Å²) < 4.78 is 1.77. The molecule has 1 aromatic heterocycles. The van der Waals surface area contributed by atoms with Gasteiger partial charge in [-0.2, -0.15) is 5.10 Å². The van der Waals surface area contributed by atoms with Crippen LogP contribution in [-0.4, -0.2) is 41.4 Å². The molecule has 5 heteroatoms. The predicted molar refractivity (Wildman–Crippen MR) is 125 cm³/mol. The quantitative estimate of drug-likeness (QED) is 0.579. The summed E-state index contributed by atoms with van der Waals surface area (Å²) in [5.41, 5.74) is 4.42. The maximum absolute atomic E-state index is 13.1. The number of hydrogen-bond donors (Lipinski definition) is 2. The molecule has 0 aliphatic carbocycles. The van der Waals surface area contributed by atoms with E-state index >= 15 is 0 Å². The Kier molecular flexibility index (Phi) is 6.82. The van der Waals surface area contributed by atoms with Crippen LogP contribution in [0, 0.1) is 6.92 Å². The minimum absolute atomic E-state index is 0.0714. The standard InChI is InChI=1S/C26H32N4O/c1-20-10-8-14-23(18-20)30-25(19-24(28-30)22-12-4-3-5-13-22)26(31)27-15-9-17-29-16-7-6-11-21(29)2/h3-5,8,10,12-14,18-19,21H,6-7,9,11,15-17H2,1-2H3,(H,27,31)/p+1/t21-/m0/s1. The largest absolute Gasteiger partial charge is 0.350 e. The highest BCUT2D eigenvalue weighted by Crippen LogP contribution is 2.22. The Morgan fingerprint density at radius 2 is 1.97 bits per heavy atom. The lowest BCUT2D eigenvalue weighted by molar-refractivity contribution is -0.928. The summed E-state index contributed by atoms with van der Waals surface area (Å²) in [6, 6.07) is 20.7. The maximum Gasteiger partial charge on any atom is 0.270 e. The predicted octanol–water partition coefficient (Wildman–Crippen LogP) is 3.42. The van der Waals surface area contributed by atoms with Gasteiger partial charge in [-0.3, -0.25) is 4.79 Å². The monoisotopic (exact) mass is 417 g/mol. The Balaban J connectivity index is 1.49. The second kappa shape index (κ2) is 9.92. The third-order valence-electron chi connectivity index (χ3n) is 6.30. The van der Waals surface area contributed by atoms with Crippen LogP contribution in [0.1, 0.15) is 48.7 Å². The van der Waals surface area contributed by atoms with E-state index in [1.54, 1.807) is 9.58 Å². The van der Waals surface area contributed by atoms with Crippen molar-refractivity contribution >= 4 is 5.91 Å². The molecule has 0 radical (unpaired) electrons. The Bertz CT molecular complexity index is 1010. The van der Waals surface area contributed by atoms with Crippen LogP contribution in [0.5, 0.6) is 0 Å². The van der Waals surface area contributed by atoms with Crippen LogP contribution in [0.25, 0.3) is 16.9 Å². The third-order valence-corrected chi connectivity index (χ3v) is 6.30. The van der Waals surface area contributed by atoms with E-state index in [9.17, 15) is 4.79 Å². The Morgan fingerprint density at radius 1 is 1.13 bits per heavy atom. The zero-order chi connectivity index (χ0) is 21.6. The number of aromatic nitrogens is 2. The van der Waals surface area contributed by atoms with Gasteiger partial charge in [-0.25, -0.2) is 4.68 Å². The molecule has 2 atom stereocenters. The fourth-order valence-corrected chi connectivity index (χ4v) is 4.48. The van der Waals surface area contributed by atoms with Crippen LogP contribution in [0.3, 0.4) is 0 Å². The average Bonchev–Trinajstić information content (AvgIpc) is 3.24. The number of carbonyl (C=O) groups excluding carboxylic acids is 1. The molecule has 1 saturated heterocycles. The number of aryl methyl sites for hydroxylation is 1. The first kappa shape index (κ1) is 21.3. The first-order valence-corrected chi connectivity index (χ1v) is 11.5. The van der Waals surface area contributed by atoms with Crippen molar-refractivity contribution < 1.29 is 9.69 Å². The first-order valence-electron chi connectivity index (χ1n) is 11.5. The minimum atomic E-state index is -0.0714. The summed E-state index contributed by atoms with van der Waals surface area (Å²) in [6.45, 7) is 7.46. The summed E-state index contributed by atoms with van der Waals surface area (Å²) in [7, 11) is 0. The van der Waals surface area contributed by atoms with Crippen LogP contribution in [0.15, 0.2) is 60.7 Å². The van der Waals surface area contributed by atoms with Gasteiger partial charge >= 0.3 is 0 Å². The molecule has 1 unspecified atom stereocenters. The topological polar surface area (TPSA) is 51.4 Å². The lowest BCUT2D eigenvalue weighted by Crippen LogP contribution is -3.16. The van der Waals surface area contributed by atoms with Gasteiger partial charge in [0.2, 0.25) is 0 Å². The molecule has 5 nitrogen and oxygen atoms in total. The molecule has 2 aromatic carbocycles. The molecule has 1 amide bonds. The van der Waals surface area contributed by atoms with Crippen molar-refractivity contribution in [3.8, 4) is 16.9 Å². The summed E-state index contributed by atoms with van der Waals surface area (Å²) >= 11 is 0. The van der Waals surface area contributed by atoms with Crippen molar-refractivity contribution in [2.45, 2.75) is 45.6 Å². The van der Waals surface area contributed by atoms with E-state index in [1.807, 2.05) is 48.5 Å². The number of piperidine rings is 1. The van der Waals surface area contributed by atoms with E-state index in [4.69, 9.17) is 5.10 Å². The van der Waals surface area contributed by atoms with Gasteiger partial charge < -0.3 is 10.2 Å². The van der Waals surface area contributed by atoms with Crippen molar-refractivity contribution in [3.05, 3.63) is 71.9 Å². The second-order valence-corrected chi connectivity index (χ2v) is 8.70. The van der Waals surface area contributed by atoms with E-state index in [1.165, 1.54) is 25.8 Å². The molecule has 2 heterocycles. The molecule has 1 aliphatic rings. The summed E-state index contributed by atoms with van der Waals surface area (Å²) in [5, 5.41) is 7.91. The molecular formula is C26H33N4O+. The normalized spacial score (nSPS) is 18.6. The molecule has 3 aromatic rings. The zero-order valence-electron chi connectivity index (χ0n) is 18.6. The fourth-order valence-electron chi connectivity index (χ4n) is 4.48. The molecule has 2 N–H and O–H groups in total. The van der Waals surface area contributed by atoms with Gasteiger partial charge in [0.15, 0.2) is 0 Å².